The lowest BCUT2D eigenvalue weighted by Gasteiger charge is -2.32. The van der Waals surface area contributed by atoms with Crippen molar-refractivity contribution in [2.45, 2.75) is 51.0 Å². The summed E-state index contributed by atoms with van der Waals surface area (Å²) in [6, 6.07) is 0.578. The van der Waals surface area contributed by atoms with Crippen molar-refractivity contribution in [3.05, 3.63) is 5.01 Å². The predicted octanol–water partition coefficient (Wildman–Crippen LogP) is 1.43. The molecular weight excluding hydrogens is 286 g/mol. The molecule has 1 aromatic rings. The van der Waals surface area contributed by atoms with E-state index in [9.17, 15) is 4.79 Å². The van der Waals surface area contributed by atoms with Crippen molar-refractivity contribution in [2.75, 3.05) is 25.9 Å². The summed E-state index contributed by atoms with van der Waals surface area (Å²) in [5.41, 5.74) is 5.52. The highest BCUT2D eigenvalue weighted by molar-refractivity contribution is 7.15. The van der Waals surface area contributed by atoms with Crippen LogP contribution in [0.5, 0.6) is 0 Å². The Morgan fingerprint density at radius 2 is 2.33 bits per heavy atom. The molecule has 3 N–H and O–H groups in total. The standard InChI is InChI=1S/C14H25N5OS/c1-19-10-3-2-5-11(19)7-8-12(20)16-9-4-6-13-17-18-14(15)21-13/h11H,2-10H2,1H3,(H2,15,18)(H,16,20). The summed E-state index contributed by atoms with van der Waals surface area (Å²) < 4.78 is 0. The summed E-state index contributed by atoms with van der Waals surface area (Å²) in [5.74, 6) is 0.158. The Labute approximate surface area is 130 Å². The van der Waals surface area contributed by atoms with Crippen LogP contribution in [0.1, 0.15) is 43.5 Å². The van der Waals surface area contributed by atoms with E-state index in [1.54, 1.807) is 0 Å². The maximum Gasteiger partial charge on any atom is 0.220 e. The van der Waals surface area contributed by atoms with Crippen molar-refractivity contribution < 1.29 is 4.79 Å². The Hall–Kier alpha value is -1.21. The molecule has 1 amide bonds. The fraction of sp³-hybridized carbons (Fsp3) is 0.786. The van der Waals surface area contributed by atoms with E-state index in [0.717, 1.165) is 30.8 Å². The van der Waals surface area contributed by atoms with Crippen LogP contribution in [0.3, 0.4) is 0 Å². The van der Waals surface area contributed by atoms with Crippen LogP contribution < -0.4 is 11.1 Å². The molecule has 7 heteroatoms. The molecule has 0 saturated carbocycles. The van der Waals surface area contributed by atoms with Gasteiger partial charge in [-0.1, -0.05) is 17.8 Å². The highest BCUT2D eigenvalue weighted by Gasteiger charge is 2.19. The van der Waals surface area contributed by atoms with Gasteiger partial charge in [0.25, 0.3) is 0 Å². The molecule has 1 atom stereocenters. The number of carbonyl (C=O) groups excluding carboxylic acids is 1. The number of nitrogen functional groups attached to an aromatic ring is 1. The molecule has 1 aliphatic heterocycles. The minimum Gasteiger partial charge on any atom is -0.374 e. The summed E-state index contributed by atoms with van der Waals surface area (Å²) >= 11 is 1.41. The maximum absolute atomic E-state index is 11.8. The summed E-state index contributed by atoms with van der Waals surface area (Å²) in [6.07, 6.45) is 7.10. The number of nitrogens with zero attached hydrogens (tertiary/aromatic N) is 3. The van der Waals surface area contributed by atoms with E-state index >= 15 is 0 Å². The van der Waals surface area contributed by atoms with Crippen LogP contribution in [0.4, 0.5) is 5.13 Å². The number of anilines is 1. The van der Waals surface area contributed by atoms with Crippen molar-refractivity contribution in [3.63, 3.8) is 0 Å². The number of carbonyl (C=O) groups is 1. The maximum atomic E-state index is 11.8. The number of rotatable bonds is 7. The van der Waals surface area contributed by atoms with Gasteiger partial charge in [0.05, 0.1) is 0 Å². The third-order valence-electron chi connectivity index (χ3n) is 4.00. The average Bonchev–Trinajstić information content (AvgIpc) is 2.88. The van der Waals surface area contributed by atoms with Gasteiger partial charge in [-0.2, -0.15) is 0 Å². The number of piperidine rings is 1. The van der Waals surface area contributed by atoms with E-state index in [0.29, 0.717) is 24.1 Å². The lowest BCUT2D eigenvalue weighted by atomic mass is 9.98. The van der Waals surface area contributed by atoms with E-state index in [4.69, 9.17) is 5.73 Å². The molecule has 1 saturated heterocycles. The number of aryl methyl sites for hydroxylation is 1. The van der Waals surface area contributed by atoms with Gasteiger partial charge in [0, 0.05) is 25.4 Å². The van der Waals surface area contributed by atoms with Gasteiger partial charge in [0.2, 0.25) is 11.0 Å². The minimum atomic E-state index is 0.158. The summed E-state index contributed by atoms with van der Waals surface area (Å²) in [5, 5.41) is 12.2. The van der Waals surface area contributed by atoms with Crippen molar-refractivity contribution >= 4 is 22.4 Å². The van der Waals surface area contributed by atoms with Gasteiger partial charge in [-0.15, -0.1) is 10.2 Å². The first-order valence-electron chi connectivity index (χ1n) is 7.70. The van der Waals surface area contributed by atoms with E-state index in [-0.39, 0.29) is 5.91 Å². The van der Waals surface area contributed by atoms with E-state index in [1.807, 2.05) is 0 Å². The smallest absolute Gasteiger partial charge is 0.220 e. The highest BCUT2D eigenvalue weighted by atomic mass is 32.1. The Kier molecular flexibility index (Phi) is 6.38. The fourth-order valence-electron chi connectivity index (χ4n) is 2.73. The molecule has 6 nitrogen and oxygen atoms in total. The molecule has 118 valence electrons. The number of nitrogens with two attached hydrogens (primary N) is 1. The van der Waals surface area contributed by atoms with Gasteiger partial charge in [0.15, 0.2) is 0 Å². The lowest BCUT2D eigenvalue weighted by Crippen LogP contribution is -2.37. The van der Waals surface area contributed by atoms with E-state index in [1.165, 1.54) is 30.6 Å². The Bertz CT molecular complexity index is 450. The minimum absolute atomic E-state index is 0.158. The Morgan fingerprint density at radius 1 is 1.48 bits per heavy atom. The second-order valence-corrected chi connectivity index (χ2v) is 6.75. The van der Waals surface area contributed by atoms with Crippen LogP contribution >= 0.6 is 11.3 Å². The van der Waals surface area contributed by atoms with Gasteiger partial charge in [-0.05, 0) is 39.3 Å². The SMILES string of the molecule is CN1CCCCC1CCC(=O)NCCCc1nnc(N)s1. The molecule has 2 heterocycles. The molecule has 0 spiro atoms. The van der Waals surface area contributed by atoms with Crippen LogP contribution in [0.2, 0.25) is 0 Å². The number of amides is 1. The van der Waals surface area contributed by atoms with Gasteiger partial charge in [-0.25, -0.2) is 0 Å². The predicted molar refractivity (Wildman–Crippen MR) is 85.2 cm³/mol. The zero-order chi connectivity index (χ0) is 15.1. The number of hydrogen-bond donors (Lipinski definition) is 2. The van der Waals surface area contributed by atoms with Crippen LogP contribution in [-0.4, -0.2) is 47.2 Å². The first-order valence-corrected chi connectivity index (χ1v) is 8.51. The zero-order valence-corrected chi connectivity index (χ0v) is 13.5. The molecule has 0 aromatic carbocycles. The normalized spacial score (nSPS) is 19.6. The molecule has 1 fully saturated rings. The molecule has 0 aliphatic carbocycles. The van der Waals surface area contributed by atoms with E-state index in [2.05, 4.69) is 27.5 Å². The quantitative estimate of drug-likeness (QED) is 0.744. The van der Waals surface area contributed by atoms with Crippen LogP contribution in [-0.2, 0) is 11.2 Å². The fourth-order valence-corrected chi connectivity index (χ4v) is 3.38. The largest absolute Gasteiger partial charge is 0.374 e. The Morgan fingerprint density at radius 3 is 3.05 bits per heavy atom. The van der Waals surface area contributed by atoms with Crippen LogP contribution in [0.15, 0.2) is 0 Å². The van der Waals surface area contributed by atoms with Crippen molar-refractivity contribution in [2.24, 2.45) is 0 Å². The van der Waals surface area contributed by atoms with Crippen LogP contribution in [0, 0.1) is 0 Å². The Balaban J connectivity index is 1.55. The van der Waals surface area contributed by atoms with Gasteiger partial charge >= 0.3 is 0 Å². The van der Waals surface area contributed by atoms with Gasteiger partial charge < -0.3 is 16.0 Å². The molecule has 1 unspecified atom stereocenters. The monoisotopic (exact) mass is 311 g/mol. The molecule has 0 radical (unpaired) electrons. The summed E-state index contributed by atoms with van der Waals surface area (Å²) in [6.45, 7) is 1.86. The number of nitrogens with one attached hydrogen (secondary N) is 1. The first-order chi connectivity index (χ1) is 10.1. The second kappa shape index (κ2) is 8.29. The first kappa shape index (κ1) is 16.2. The average molecular weight is 311 g/mol. The third-order valence-corrected chi connectivity index (χ3v) is 4.81. The second-order valence-electron chi connectivity index (χ2n) is 5.66. The van der Waals surface area contributed by atoms with Crippen LogP contribution in [0.25, 0.3) is 0 Å². The number of likely N-dealkylation sites (tertiary alicyclic amines) is 1. The van der Waals surface area contributed by atoms with Gasteiger partial charge in [0.1, 0.15) is 5.01 Å². The molecule has 0 bridgehead atoms. The summed E-state index contributed by atoms with van der Waals surface area (Å²) in [4.78, 5) is 14.2. The summed E-state index contributed by atoms with van der Waals surface area (Å²) in [7, 11) is 2.16. The van der Waals surface area contributed by atoms with Crippen molar-refractivity contribution in [3.8, 4) is 0 Å². The number of aromatic nitrogens is 2. The molecular formula is C14H25N5OS. The topological polar surface area (TPSA) is 84.1 Å². The highest BCUT2D eigenvalue weighted by Crippen LogP contribution is 2.18. The third kappa shape index (κ3) is 5.59. The molecule has 1 aromatic heterocycles. The molecule has 1 aliphatic rings. The molecule has 2 rings (SSSR count). The number of hydrogen-bond acceptors (Lipinski definition) is 6. The molecule has 21 heavy (non-hydrogen) atoms. The zero-order valence-electron chi connectivity index (χ0n) is 12.7. The lowest BCUT2D eigenvalue weighted by molar-refractivity contribution is -0.121. The van der Waals surface area contributed by atoms with E-state index < -0.39 is 0 Å². The van der Waals surface area contributed by atoms with Gasteiger partial charge in [-0.3, -0.25) is 4.79 Å². The van der Waals surface area contributed by atoms with Crippen molar-refractivity contribution in [1.29, 1.82) is 0 Å². The van der Waals surface area contributed by atoms with Crippen molar-refractivity contribution in [1.82, 2.24) is 20.4 Å².